The van der Waals surface area contributed by atoms with Crippen LogP contribution in [-0.2, 0) is 52.3 Å². The lowest BCUT2D eigenvalue weighted by atomic mass is 9.45. The molecule has 2 aliphatic heterocycles. The lowest BCUT2D eigenvalue weighted by Gasteiger charge is -2.68. The van der Waals surface area contributed by atoms with Gasteiger partial charge in [0.05, 0.1) is 24.2 Å². The van der Waals surface area contributed by atoms with Gasteiger partial charge in [-0.1, -0.05) is 39.0 Å². The predicted molar refractivity (Wildman–Crippen MR) is 260 cm³/mol. The number of likely N-dealkylation sites (N-methyl/N-ethyl adjacent to an activating group) is 1. The number of halogens is 3. The number of esters is 4. The smallest absolute Gasteiger partial charge is 0.408 e. The van der Waals surface area contributed by atoms with Gasteiger partial charge in [0.2, 0.25) is 6.10 Å². The van der Waals surface area contributed by atoms with Crippen LogP contribution in [0, 0.1) is 22.6 Å². The van der Waals surface area contributed by atoms with Crippen LogP contribution in [0.2, 0.25) is 0 Å². The number of rotatable bonds is 15. The van der Waals surface area contributed by atoms with Crippen LogP contribution in [0.4, 0.5) is 13.6 Å². The van der Waals surface area contributed by atoms with Crippen molar-refractivity contribution >= 4 is 42.4 Å². The van der Waals surface area contributed by atoms with Crippen molar-refractivity contribution in [2.75, 3.05) is 47.9 Å². The van der Waals surface area contributed by atoms with Gasteiger partial charge in [-0.05, 0) is 104 Å². The first kappa shape index (κ1) is 57.4. The zero-order valence-electron chi connectivity index (χ0n) is 43.6. The monoisotopic (exact) mass is 1050 g/mol. The Kier molecular flexibility index (Phi) is 17.2. The Hall–Kier alpha value is -4.83. The number of hydrogen-bond acceptors (Lipinski definition) is 17. The van der Waals surface area contributed by atoms with Gasteiger partial charge in [0, 0.05) is 49.9 Å². The van der Waals surface area contributed by atoms with E-state index in [0.717, 1.165) is 6.07 Å². The number of benzene rings is 1. The third kappa shape index (κ3) is 11.3. The van der Waals surface area contributed by atoms with Crippen molar-refractivity contribution in [1.29, 1.82) is 0 Å². The summed E-state index contributed by atoms with van der Waals surface area (Å²) in [5.41, 5.74) is -6.93. The molecule has 1 aromatic heterocycles. The minimum absolute atomic E-state index is 0. The number of alkyl halides is 1. The zero-order valence-corrected chi connectivity index (χ0v) is 44.4. The standard InChI is InChI=1S/C52H70F2N4O14.ClH/c1-28-33(66-46(62)40(69-45(61)32(54)21-24-57(9)10)38(37-31(53)19-16-23-55-37)56-47(63)72-48(3,4)5)25-52(64)43(70-44(60)30-17-14-13-15-18-30)41-50(8,22-20-34-51(41,27-65-34)71-29(2)59)42-39(36(28)49(52,6)7)67-35(68-42)26-58(11)12;/h13-19,23,32-35,38-43,64H,20-22,24-27H2,1-12H3,(H,56,63);1H/t32-,33+,34-,35-,38+,39-,40-,41+,42-,43+,50-,51+,52-;/m1./s1. The fourth-order valence-corrected chi connectivity index (χ4v) is 11.6. The minimum atomic E-state index is -2.32. The van der Waals surface area contributed by atoms with E-state index in [1.54, 1.807) is 90.9 Å². The van der Waals surface area contributed by atoms with Gasteiger partial charge in [0.1, 0.15) is 53.2 Å². The molecule has 18 nitrogen and oxygen atoms in total. The number of alkyl carbamates (subject to hydrolysis) is 1. The molecule has 4 fully saturated rings. The number of amides is 1. The molecule has 13 atom stereocenters. The molecular weight excluding hydrogens is 978 g/mol. The van der Waals surface area contributed by atoms with Crippen LogP contribution in [0.1, 0.15) is 103 Å². The van der Waals surface area contributed by atoms with Gasteiger partial charge in [0.25, 0.3) is 0 Å². The van der Waals surface area contributed by atoms with Crippen molar-refractivity contribution in [3.05, 3.63) is 76.9 Å². The molecule has 7 rings (SSSR count). The Morgan fingerprint density at radius 3 is 2.25 bits per heavy atom. The Bertz CT molecular complexity index is 2410. The molecule has 3 heterocycles. The van der Waals surface area contributed by atoms with Crippen molar-refractivity contribution in [3.8, 4) is 0 Å². The molecule has 2 bridgehead atoms. The van der Waals surface area contributed by atoms with Crippen LogP contribution in [0.3, 0.4) is 0 Å². The first-order valence-electron chi connectivity index (χ1n) is 24.4. The molecule has 404 valence electrons. The van der Waals surface area contributed by atoms with E-state index < -0.39 is 137 Å². The number of carbonyl (C=O) groups is 5. The third-order valence-electron chi connectivity index (χ3n) is 14.9. The highest BCUT2D eigenvalue weighted by molar-refractivity contribution is 5.89. The molecule has 0 spiro atoms. The van der Waals surface area contributed by atoms with Gasteiger partial charge >= 0.3 is 30.0 Å². The van der Waals surface area contributed by atoms with Crippen molar-refractivity contribution in [3.63, 3.8) is 0 Å². The second-order valence-electron chi connectivity index (χ2n) is 22.1. The summed E-state index contributed by atoms with van der Waals surface area (Å²) in [6.45, 7) is 13.4. The second kappa shape index (κ2) is 21.8. The normalized spacial score (nSPS) is 31.3. The fraction of sp³-hybridized carbons (Fsp3) is 0.654. The fourth-order valence-electron chi connectivity index (χ4n) is 11.6. The first-order chi connectivity index (χ1) is 33.6. The van der Waals surface area contributed by atoms with Gasteiger partial charge < -0.3 is 58.1 Å². The average molecular weight is 1050 g/mol. The van der Waals surface area contributed by atoms with E-state index >= 15 is 13.6 Å². The molecule has 2 saturated carbocycles. The highest BCUT2D eigenvalue weighted by Gasteiger charge is 2.77. The van der Waals surface area contributed by atoms with Gasteiger partial charge in [-0.15, -0.1) is 12.4 Å². The predicted octanol–water partition coefficient (Wildman–Crippen LogP) is 5.83. The Morgan fingerprint density at radius 2 is 1.66 bits per heavy atom. The number of pyridine rings is 1. The van der Waals surface area contributed by atoms with Crippen LogP contribution in [0.25, 0.3) is 0 Å². The summed E-state index contributed by atoms with van der Waals surface area (Å²) < 4.78 is 82.3. The number of aromatic nitrogens is 1. The lowest BCUT2D eigenvalue weighted by molar-refractivity contribution is -0.345. The number of nitrogens with one attached hydrogen (secondary N) is 1. The number of fused-ring (bicyclic) bond motifs is 8. The molecule has 2 N–H and O–H groups in total. The summed E-state index contributed by atoms with van der Waals surface area (Å²) in [7, 11) is 7.04. The quantitative estimate of drug-likeness (QED) is 0.122. The molecular formula is C52H71ClF2N4O14. The summed E-state index contributed by atoms with van der Waals surface area (Å²) in [6.07, 6.45) is -11.1. The topological polar surface area (TPSA) is 211 Å². The van der Waals surface area contributed by atoms with Crippen LogP contribution in [0.15, 0.2) is 59.8 Å². The van der Waals surface area contributed by atoms with Crippen LogP contribution >= 0.6 is 12.4 Å². The molecule has 3 aliphatic carbocycles. The summed E-state index contributed by atoms with van der Waals surface area (Å²) in [5, 5.41) is 16.5. The molecule has 2 aromatic rings. The first-order valence-corrected chi connectivity index (χ1v) is 24.4. The van der Waals surface area contributed by atoms with Crippen molar-refractivity contribution in [2.45, 2.75) is 153 Å². The number of nitrogens with zero attached hydrogens (tertiary/aromatic N) is 3. The second-order valence-corrected chi connectivity index (χ2v) is 22.1. The van der Waals surface area contributed by atoms with E-state index in [-0.39, 0.29) is 37.5 Å². The summed E-state index contributed by atoms with van der Waals surface area (Å²) >= 11 is 0. The van der Waals surface area contributed by atoms with Gasteiger partial charge in [-0.2, -0.15) is 0 Å². The maximum Gasteiger partial charge on any atom is 0.408 e. The molecule has 2 saturated heterocycles. The van der Waals surface area contributed by atoms with E-state index in [4.69, 9.17) is 37.9 Å². The number of ether oxygens (including phenoxy) is 8. The molecule has 21 heteroatoms. The summed E-state index contributed by atoms with van der Waals surface area (Å²) in [4.78, 5) is 78.0. The van der Waals surface area contributed by atoms with E-state index in [9.17, 15) is 24.3 Å². The van der Waals surface area contributed by atoms with Crippen molar-refractivity contribution < 1.29 is 75.8 Å². The minimum Gasteiger partial charge on any atom is -0.455 e. The molecule has 5 aliphatic rings. The maximum absolute atomic E-state index is 15.9. The highest BCUT2D eigenvalue weighted by Crippen LogP contribution is 2.66. The number of hydrogen-bond donors (Lipinski definition) is 2. The van der Waals surface area contributed by atoms with E-state index in [0.29, 0.717) is 30.5 Å². The summed E-state index contributed by atoms with van der Waals surface area (Å²) in [6, 6.07) is 8.47. The molecule has 73 heavy (non-hydrogen) atoms. The zero-order chi connectivity index (χ0) is 52.9. The third-order valence-corrected chi connectivity index (χ3v) is 14.9. The molecule has 1 aromatic carbocycles. The average Bonchev–Trinajstić information content (AvgIpc) is 3.69. The van der Waals surface area contributed by atoms with E-state index in [1.807, 2.05) is 25.9 Å². The highest BCUT2D eigenvalue weighted by atomic mass is 35.5. The van der Waals surface area contributed by atoms with Crippen molar-refractivity contribution in [2.24, 2.45) is 16.7 Å². The number of aliphatic hydroxyl groups is 1. The Morgan fingerprint density at radius 1 is 0.973 bits per heavy atom. The Balaban J connectivity index is 0.00000869. The Labute approximate surface area is 431 Å². The van der Waals surface area contributed by atoms with Gasteiger partial charge in [-0.3, -0.25) is 9.78 Å². The SMILES string of the molecule is CC(=O)O[C@@]12CO[C@@H]1CC[C@@]1(C)[C@@H]3O[C@H](CN(C)C)O[C@@H]3C3=C(C)[C@@H](OC(=O)[C@H](OC(=O)[C@H](F)CCN(C)C)[C@@H](NC(=O)OC(C)(C)C)c4ncccc4F)C[C@@](O)([C@@H](OC(=O)c4ccccc4)[C@@H]12)C3(C)C.Cl. The lowest BCUT2D eigenvalue weighted by Crippen LogP contribution is -2.79. The maximum atomic E-state index is 15.9. The molecule has 1 amide bonds. The van der Waals surface area contributed by atoms with E-state index in [1.165, 1.54) is 19.2 Å². The van der Waals surface area contributed by atoms with Crippen molar-refractivity contribution in [1.82, 2.24) is 20.1 Å². The van der Waals surface area contributed by atoms with Gasteiger partial charge in [0.15, 0.2) is 18.1 Å². The summed E-state index contributed by atoms with van der Waals surface area (Å²) in [5.74, 6) is -6.44. The number of carbonyl (C=O) groups excluding carboxylic acids is 5. The van der Waals surface area contributed by atoms with Crippen LogP contribution in [0.5, 0.6) is 0 Å². The molecule has 0 radical (unpaired) electrons. The largest absolute Gasteiger partial charge is 0.455 e. The van der Waals surface area contributed by atoms with E-state index in [2.05, 4.69) is 10.3 Å². The molecule has 0 unspecified atom stereocenters. The van der Waals surface area contributed by atoms with Crippen LogP contribution < -0.4 is 5.32 Å². The van der Waals surface area contributed by atoms with Crippen LogP contribution in [-0.4, -0.2) is 164 Å². The van der Waals surface area contributed by atoms with Gasteiger partial charge in [-0.25, -0.2) is 28.0 Å².